The van der Waals surface area contributed by atoms with Gasteiger partial charge in [0.05, 0.1) is 12.0 Å². The Morgan fingerprint density at radius 2 is 1.90 bits per heavy atom. The normalized spacial score (nSPS) is 18.7. The largest absolute Gasteiger partial charge is 0.486 e. The van der Waals surface area contributed by atoms with Gasteiger partial charge in [-0.25, -0.2) is 4.98 Å². The molecule has 0 unspecified atom stereocenters. The van der Waals surface area contributed by atoms with E-state index in [1.54, 1.807) is 0 Å². The minimum atomic E-state index is 0.571. The van der Waals surface area contributed by atoms with Crippen molar-refractivity contribution in [3.63, 3.8) is 0 Å². The number of nitrogens with zero attached hydrogens (tertiary/aromatic N) is 2. The maximum atomic E-state index is 5.68. The summed E-state index contributed by atoms with van der Waals surface area (Å²) in [5, 5.41) is 3.41. The van der Waals surface area contributed by atoms with Gasteiger partial charge in [0.15, 0.2) is 11.5 Å². The van der Waals surface area contributed by atoms with Gasteiger partial charge in [0.2, 0.25) is 0 Å². The van der Waals surface area contributed by atoms with Crippen LogP contribution >= 0.6 is 0 Å². The standard InChI is InChI=1S/C16H19N3O2/c1-2-15-16(21-8-7-20-15)9-13(1)19-11-18-10-14(19)12-3-5-17-6-4-12/h1-2,9-12,17H,3-8H2. The number of hydrogen-bond acceptors (Lipinski definition) is 4. The van der Waals surface area contributed by atoms with E-state index in [1.165, 1.54) is 5.69 Å². The molecule has 4 rings (SSSR count). The highest BCUT2D eigenvalue weighted by atomic mass is 16.6. The third kappa shape index (κ3) is 2.38. The lowest BCUT2D eigenvalue weighted by Crippen LogP contribution is -2.27. The Morgan fingerprint density at radius 1 is 1.10 bits per heavy atom. The zero-order valence-corrected chi connectivity index (χ0v) is 11.9. The van der Waals surface area contributed by atoms with Gasteiger partial charge in [-0.3, -0.25) is 0 Å². The van der Waals surface area contributed by atoms with E-state index >= 15 is 0 Å². The number of hydrogen-bond donors (Lipinski definition) is 1. The van der Waals surface area contributed by atoms with Crippen LogP contribution in [0.2, 0.25) is 0 Å². The number of piperidine rings is 1. The maximum Gasteiger partial charge on any atom is 0.163 e. The summed E-state index contributed by atoms with van der Waals surface area (Å²) in [4.78, 5) is 4.36. The van der Waals surface area contributed by atoms with Crippen LogP contribution in [0.15, 0.2) is 30.7 Å². The second-order valence-corrected chi connectivity index (χ2v) is 5.54. The van der Waals surface area contributed by atoms with Crippen LogP contribution in [0.5, 0.6) is 11.5 Å². The van der Waals surface area contributed by atoms with Crippen LogP contribution in [-0.4, -0.2) is 35.9 Å². The van der Waals surface area contributed by atoms with Crippen molar-refractivity contribution < 1.29 is 9.47 Å². The van der Waals surface area contributed by atoms with Crippen LogP contribution in [0, 0.1) is 0 Å². The van der Waals surface area contributed by atoms with Gasteiger partial charge in [-0.05, 0) is 38.1 Å². The minimum absolute atomic E-state index is 0.571. The van der Waals surface area contributed by atoms with Crippen LogP contribution in [0.1, 0.15) is 24.5 Å². The summed E-state index contributed by atoms with van der Waals surface area (Å²) in [6.45, 7) is 3.40. The van der Waals surface area contributed by atoms with Crippen molar-refractivity contribution in [1.82, 2.24) is 14.9 Å². The fourth-order valence-electron chi connectivity index (χ4n) is 3.12. The zero-order valence-electron chi connectivity index (χ0n) is 11.9. The summed E-state index contributed by atoms with van der Waals surface area (Å²) in [5.41, 5.74) is 2.37. The Balaban J connectivity index is 1.68. The average Bonchev–Trinajstić information content (AvgIpc) is 3.05. The molecule has 2 aliphatic heterocycles. The Kier molecular flexibility index (Phi) is 3.27. The molecule has 110 valence electrons. The van der Waals surface area contributed by atoms with Gasteiger partial charge in [0.25, 0.3) is 0 Å². The lowest BCUT2D eigenvalue weighted by atomic mass is 9.95. The second kappa shape index (κ2) is 5.41. The van der Waals surface area contributed by atoms with Gasteiger partial charge in [-0.2, -0.15) is 0 Å². The van der Waals surface area contributed by atoms with Crippen LogP contribution in [0.3, 0.4) is 0 Å². The molecule has 5 nitrogen and oxygen atoms in total. The molecule has 3 heterocycles. The molecule has 0 radical (unpaired) electrons. The Labute approximate surface area is 123 Å². The molecule has 1 saturated heterocycles. The summed E-state index contributed by atoms with van der Waals surface area (Å²) in [6.07, 6.45) is 6.21. The number of fused-ring (bicyclic) bond motifs is 1. The van der Waals surface area contributed by atoms with Gasteiger partial charge in [-0.1, -0.05) is 0 Å². The zero-order chi connectivity index (χ0) is 14.1. The molecular formula is C16H19N3O2. The van der Waals surface area contributed by atoms with E-state index in [9.17, 15) is 0 Å². The molecule has 1 fully saturated rings. The third-order valence-electron chi connectivity index (χ3n) is 4.23. The number of ether oxygens (including phenoxy) is 2. The van der Waals surface area contributed by atoms with Crippen molar-refractivity contribution in [1.29, 1.82) is 0 Å². The first kappa shape index (κ1) is 12.7. The van der Waals surface area contributed by atoms with Crippen molar-refractivity contribution >= 4 is 0 Å². The van der Waals surface area contributed by atoms with Gasteiger partial charge < -0.3 is 19.4 Å². The molecule has 1 aromatic heterocycles. The first-order valence-corrected chi connectivity index (χ1v) is 7.55. The van der Waals surface area contributed by atoms with Crippen LogP contribution < -0.4 is 14.8 Å². The number of rotatable bonds is 2. The van der Waals surface area contributed by atoms with Gasteiger partial charge >= 0.3 is 0 Å². The van der Waals surface area contributed by atoms with E-state index < -0.39 is 0 Å². The van der Waals surface area contributed by atoms with E-state index in [-0.39, 0.29) is 0 Å². The number of benzene rings is 1. The first-order chi connectivity index (χ1) is 10.4. The lowest BCUT2D eigenvalue weighted by Gasteiger charge is -2.24. The molecule has 0 amide bonds. The van der Waals surface area contributed by atoms with Crippen molar-refractivity contribution in [2.45, 2.75) is 18.8 Å². The molecule has 0 bridgehead atoms. The predicted molar refractivity (Wildman–Crippen MR) is 79.4 cm³/mol. The van der Waals surface area contributed by atoms with Crippen molar-refractivity contribution in [2.75, 3.05) is 26.3 Å². The molecule has 2 aliphatic rings. The average molecular weight is 285 g/mol. The molecule has 1 aromatic carbocycles. The molecule has 0 saturated carbocycles. The third-order valence-corrected chi connectivity index (χ3v) is 4.23. The van der Waals surface area contributed by atoms with E-state index in [0.29, 0.717) is 19.1 Å². The molecule has 0 spiro atoms. The van der Waals surface area contributed by atoms with Crippen molar-refractivity contribution in [3.05, 3.63) is 36.4 Å². The van der Waals surface area contributed by atoms with Gasteiger partial charge in [0.1, 0.15) is 13.2 Å². The smallest absolute Gasteiger partial charge is 0.163 e. The highest BCUT2D eigenvalue weighted by Gasteiger charge is 2.20. The van der Waals surface area contributed by atoms with Crippen molar-refractivity contribution in [3.8, 4) is 17.2 Å². The summed E-state index contributed by atoms with van der Waals surface area (Å²) in [6, 6.07) is 6.09. The summed E-state index contributed by atoms with van der Waals surface area (Å²) in [7, 11) is 0. The minimum Gasteiger partial charge on any atom is -0.486 e. The fourth-order valence-corrected chi connectivity index (χ4v) is 3.12. The summed E-state index contributed by atoms with van der Waals surface area (Å²) in [5.74, 6) is 2.22. The van der Waals surface area contributed by atoms with E-state index in [1.807, 2.05) is 24.7 Å². The van der Waals surface area contributed by atoms with Crippen molar-refractivity contribution in [2.24, 2.45) is 0 Å². The fraction of sp³-hybridized carbons (Fsp3) is 0.438. The van der Waals surface area contributed by atoms with E-state index in [4.69, 9.17) is 9.47 Å². The molecule has 5 heteroatoms. The monoisotopic (exact) mass is 285 g/mol. The van der Waals surface area contributed by atoms with E-state index in [2.05, 4.69) is 20.9 Å². The van der Waals surface area contributed by atoms with Crippen LogP contribution in [0.4, 0.5) is 0 Å². The first-order valence-electron chi connectivity index (χ1n) is 7.55. The highest BCUT2D eigenvalue weighted by Crippen LogP contribution is 2.34. The van der Waals surface area contributed by atoms with Gasteiger partial charge in [-0.15, -0.1) is 0 Å². The molecule has 0 atom stereocenters. The molecule has 2 aromatic rings. The maximum absolute atomic E-state index is 5.68. The lowest BCUT2D eigenvalue weighted by molar-refractivity contribution is 0.171. The van der Waals surface area contributed by atoms with E-state index in [0.717, 1.165) is 43.1 Å². The number of aromatic nitrogens is 2. The predicted octanol–water partition coefficient (Wildman–Crippen LogP) is 2.11. The number of nitrogens with one attached hydrogen (secondary N) is 1. The van der Waals surface area contributed by atoms with Crippen LogP contribution in [0.25, 0.3) is 5.69 Å². The number of imidazole rings is 1. The highest BCUT2D eigenvalue weighted by molar-refractivity contribution is 5.50. The molecule has 21 heavy (non-hydrogen) atoms. The second-order valence-electron chi connectivity index (χ2n) is 5.54. The molecule has 1 N–H and O–H groups in total. The quantitative estimate of drug-likeness (QED) is 0.918. The Morgan fingerprint density at radius 3 is 2.76 bits per heavy atom. The summed E-state index contributed by atoms with van der Waals surface area (Å²) >= 11 is 0. The van der Waals surface area contributed by atoms with Crippen LogP contribution in [-0.2, 0) is 0 Å². The Bertz CT molecular complexity index is 632. The topological polar surface area (TPSA) is 48.3 Å². The SMILES string of the molecule is c1cc2c(cc1-n1cncc1C1CCNCC1)OCCO2. The Hall–Kier alpha value is -2.01. The van der Waals surface area contributed by atoms with Gasteiger partial charge in [0, 0.05) is 23.9 Å². The molecule has 0 aliphatic carbocycles. The summed E-state index contributed by atoms with van der Waals surface area (Å²) < 4.78 is 13.4. The molecular weight excluding hydrogens is 266 g/mol.